The number of hydroxylamine groups is 1. The summed E-state index contributed by atoms with van der Waals surface area (Å²) in [6.07, 6.45) is 3.51. The van der Waals surface area contributed by atoms with E-state index in [0.29, 0.717) is 64.4 Å². The van der Waals surface area contributed by atoms with E-state index in [4.69, 9.17) is 14.3 Å². The van der Waals surface area contributed by atoms with Crippen LogP contribution in [0.5, 0.6) is 0 Å². The molecule has 2 fully saturated rings. The summed E-state index contributed by atoms with van der Waals surface area (Å²) in [6, 6.07) is 17.1. The Morgan fingerprint density at radius 1 is 1.05 bits per heavy atom. The van der Waals surface area contributed by atoms with Gasteiger partial charge in [0.1, 0.15) is 12.1 Å². The number of amides is 3. The molecule has 0 bridgehead atoms. The molecular weight excluding hydrogens is 534 g/mol. The van der Waals surface area contributed by atoms with Gasteiger partial charge in [-0.3, -0.25) is 19.3 Å². The zero-order valence-corrected chi connectivity index (χ0v) is 24.5. The van der Waals surface area contributed by atoms with E-state index in [1.54, 1.807) is 4.90 Å². The van der Waals surface area contributed by atoms with Crippen molar-refractivity contribution >= 4 is 23.5 Å². The number of hydrogen-bond donors (Lipinski definition) is 1. The normalized spacial score (nSPS) is 22.5. The quantitative estimate of drug-likeness (QED) is 0.459. The van der Waals surface area contributed by atoms with Crippen LogP contribution in [0.2, 0.25) is 0 Å². The highest BCUT2D eigenvalue weighted by Gasteiger charge is 2.46. The van der Waals surface area contributed by atoms with Crippen molar-refractivity contribution in [1.82, 2.24) is 15.3 Å². The van der Waals surface area contributed by atoms with E-state index < -0.39 is 24.0 Å². The van der Waals surface area contributed by atoms with Crippen LogP contribution in [0.4, 0.5) is 4.79 Å². The Labute approximate surface area is 247 Å². The zero-order chi connectivity index (χ0) is 29.5. The summed E-state index contributed by atoms with van der Waals surface area (Å²) in [5.74, 6) is -0.990. The average molecular weight is 576 g/mol. The number of hydrogen-bond acceptors (Lipinski definition) is 6. The molecule has 3 aliphatic rings. The molecule has 0 radical (unpaired) electrons. The molecule has 3 amide bonds. The minimum Gasteiger partial charge on any atom is -0.444 e. The van der Waals surface area contributed by atoms with Gasteiger partial charge in [0, 0.05) is 26.1 Å². The van der Waals surface area contributed by atoms with Gasteiger partial charge in [0.15, 0.2) is 0 Å². The highest BCUT2D eigenvalue weighted by molar-refractivity contribution is 5.93. The summed E-state index contributed by atoms with van der Waals surface area (Å²) in [5, 5.41) is 0. The lowest BCUT2D eigenvalue weighted by molar-refractivity contribution is -0.151. The molecule has 0 spiro atoms. The first-order valence-corrected chi connectivity index (χ1v) is 15.0. The molecule has 0 aliphatic carbocycles. The Bertz CT molecular complexity index is 1270. The fourth-order valence-corrected chi connectivity index (χ4v) is 5.85. The van der Waals surface area contributed by atoms with Crippen LogP contribution in [0.15, 0.2) is 60.7 Å². The van der Waals surface area contributed by atoms with Gasteiger partial charge in [0.2, 0.25) is 11.8 Å². The highest BCUT2D eigenvalue weighted by atomic mass is 16.7. The number of carbonyl (C=O) groups is 3. The van der Waals surface area contributed by atoms with Crippen LogP contribution in [0.25, 0.3) is 5.57 Å². The van der Waals surface area contributed by atoms with Crippen molar-refractivity contribution in [2.24, 2.45) is 5.92 Å². The van der Waals surface area contributed by atoms with Gasteiger partial charge >= 0.3 is 6.09 Å². The third-order valence-corrected chi connectivity index (χ3v) is 8.31. The molecule has 5 rings (SSSR count). The van der Waals surface area contributed by atoms with Crippen molar-refractivity contribution in [3.8, 4) is 0 Å². The van der Waals surface area contributed by atoms with Crippen LogP contribution < -0.4 is 5.48 Å². The van der Waals surface area contributed by atoms with Crippen LogP contribution in [0.3, 0.4) is 0 Å². The Morgan fingerprint density at radius 3 is 2.60 bits per heavy atom. The van der Waals surface area contributed by atoms with Crippen molar-refractivity contribution in [1.29, 1.82) is 0 Å². The smallest absolute Gasteiger partial charge is 0.410 e. The Morgan fingerprint density at radius 2 is 1.88 bits per heavy atom. The molecule has 3 atom stereocenters. The SMILES string of the molecule is CC(C)c1cccc(C2=CCN(C(=O)C3C(C(=O)NOCc4ccccc4)CCCN3C(=O)OC3CCOC3)CC2)c1. The summed E-state index contributed by atoms with van der Waals surface area (Å²) in [7, 11) is 0. The predicted octanol–water partition coefficient (Wildman–Crippen LogP) is 4.68. The molecule has 2 saturated heterocycles. The van der Waals surface area contributed by atoms with Gasteiger partial charge in [-0.05, 0) is 47.4 Å². The second-order valence-electron chi connectivity index (χ2n) is 11.5. The van der Waals surface area contributed by atoms with Crippen molar-refractivity contribution in [2.75, 3.05) is 32.8 Å². The summed E-state index contributed by atoms with van der Waals surface area (Å²) >= 11 is 0. The van der Waals surface area contributed by atoms with Gasteiger partial charge in [-0.25, -0.2) is 10.3 Å². The largest absolute Gasteiger partial charge is 0.444 e. The summed E-state index contributed by atoms with van der Waals surface area (Å²) < 4.78 is 11.1. The number of nitrogens with one attached hydrogen (secondary N) is 1. The van der Waals surface area contributed by atoms with E-state index in [1.165, 1.54) is 21.6 Å². The Balaban J connectivity index is 1.31. The zero-order valence-electron chi connectivity index (χ0n) is 24.5. The van der Waals surface area contributed by atoms with Gasteiger partial charge < -0.3 is 14.4 Å². The molecular formula is C33H41N3O6. The van der Waals surface area contributed by atoms with Crippen LogP contribution in [-0.2, 0) is 30.5 Å². The first kappa shape index (κ1) is 29.8. The lowest BCUT2D eigenvalue weighted by Crippen LogP contribution is -2.60. The van der Waals surface area contributed by atoms with E-state index in [1.807, 2.05) is 30.3 Å². The van der Waals surface area contributed by atoms with Crippen LogP contribution in [0, 0.1) is 5.92 Å². The van der Waals surface area contributed by atoms with E-state index in [9.17, 15) is 14.4 Å². The van der Waals surface area contributed by atoms with Crippen LogP contribution in [-0.4, -0.2) is 72.7 Å². The Kier molecular flexibility index (Phi) is 9.92. The number of ether oxygens (including phenoxy) is 2. The first-order valence-electron chi connectivity index (χ1n) is 15.0. The molecule has 2 aromatic carbocycles. The van der Waals surface area contributed by atoms with E-state index in [-0.39, 0.29) is 18.6 Å². The van der Waals surface area contributed by atoms with Crippen LogP contribution >= 0.6 is 0 Å². The molecule has 3 unspecified atom stereocenters. The molecule has 9 nitrogen and oxygen atoms in total. The first-order chi connectivity index (χ1) is 20.4. The minimum absolute atomic E-state index is 0.197. The molecule has 9 heteroatoms. The lowest BCUT2D eigenvalue weighted by atomic mass is 9.87. The number of piperidine rings is 1. The standard InChI is InChI=1S/C33H41N3O6/c1-23(2)26-10-6-11-27(20-26)25-13-17-35(18-14-25)32(38)30-29(31(37)34-41-21-24-8-4-3-5-9-24)12-7-16-36(30)33(39)42-28-15-19-40-22-28/h3-6,8-11,13,20,23,28-30H,7,12,14-19,21-22H2,1-2H3,(H,34,37). The van der Waals surface area contributed by atoms with Crippen molar-refractivity contribution < 1.29 is 28.7 Å². The molecule has 0 aromatic heterocycles. The van der Waals surface area contributed by atoms with Crippen molar-refractivity contribution in [2.45, 2.75) is 64.2 Å². The summed E-state index contributed by atoms with van der Waals surface area (Å²) in [6.45, 7) is 6.68. The van der Waals surface area contributed by atoms with Crippen molar-refractivity contribution in [3.63, 3.8) is 0 Å². The summed E-state index contributed by atoms with van der Waals surface area (Å²) in [5.41, 5.74) is 7.10. The predicted molar refractivity (Wildman–Crippen MR) is 158 cm³/mol. The number of rotatable bonds is 8. The van der Waals surface area contributed by atoms with Gasteiger partial charge in [-0.2, -0.15) is 0 Å². The van der Waals surface area contributed by atoms with Gasteiger partial charge in [0.25, 0.3) is 0 Å². The molecule has 2 aromatic rings. The molecule has 0 saturated carbocycles. The molecule has 3 heterocycles. The van der Waals surface area contributed by atoms with E-state index in [2.05, 4.69) is 49.7 Å². The topological polar surface area (TPSA) is 97.4 Å². The number of likely N-dealkylation sites (tertiary alicyclic amines) is 1. The minimum atomic E-state index is -0.979. The average Bonchev–Trinajstić information content (AvgIpc) is 3.54. The highest BCUT2D eigenvalue weighted by Crippen LogP contribution is 2.30. The molecule has 224 valence electrons. The third kappa shape index (κ3) is 7.20. The maximum absolute atomic E-state index is 14.1. The fourth-order valence-electron chi connectivity index (χ4n) is 5.85. The van der Waals surface area contributed by atoms with Gasteiger partial charge in [-0.15, -0.1) is 0 Å². The monoisotopic (exact) mass is 575 g/mol. The maximum Gasteiger partial charge on any atom is 0.410 e. The number of nitrogens with zero attached hydrogens (tertiary/aromatic N) is 2. The number of carbonyl (C=O) groups excluding carboxylic acids is 3. The molecule has 3 aliphatic heterocycles. The fraction of sp³-hybridized carbons (Fsp3) is 0.485. The number of benzene rings is 2. The van der Waals surface area contributed by atoms with Crippen molar-refractivity contribution in [3.05, 3.63) is 77.4 Å². The van der Waals surface area contributed by atoms with E-state index >= 15 is 0 Å². The van der Waals surface area contributed by atoms with Crippen LogP contribution in [0.1, 0.15) is 62.1 Å². The summed E-state index contributed by atoms with van der Waals surface area (Å²) in [4.78, 5) is 49.6. The second-order valence-corrected chi connectivity index (χ2v) is 11.5. The second kappa shape index (κ2) is 14.0. The molecule has 42 heavy (non-hydrogen) atoms. The Hall–Kier alpha value is -3.69. The van der Waals surface area contributed by atoms with E-state index in [0.717, 1.165) is 5.56 Å². The van der Waals surface area contributed by atoms with Gasteiger partial charge in [-0.1, -0.05) is 74.5 Å². The molecule has 1 N–H and O–H groups in total. The maximum atomic E-state index is 14.1. The third-order valence-electron chi connectivity index (χ3n) is 8.31. The van der Waals surface area contributed by atoms with Gasteiger partial charge in [0.05, 0.1) is 25.7 Å². The lowest BCUT2D eigenvalue weighted by Gasteiger charge is -2.41.